The summed E-state index contributed by atoms with van der Waals surface area (Å²) in [5.74, 6) is -2.74. The topological polar surface area (TPSA) is 86.7 Å². The standard InChI is InChI=1S/C18H12O6/c1-10(19)23-17-15(20)12-8-5-9-13(14(12)16(17)21)24-18(22)11-6-3-2-4-7-11/h2-9,17H,1H3. The molecule has 2 aromatic carbocycles. The number of ether oxygens (including phenoxy) is 2. The molecule has 0 amide bonds. The predicted octanol–water partition coefficient (Wildman–Crippen LogP) is 2.22. The zero-order chi connectivity index (χ0) is 17.3. The number of hydrogen-bond acceptors (Lipinski definition) is 6. The molecule has 3 rings (SSSR count). The van der Waals surface area contributed by atoms with Crippen LogP contribution in [0.15, 0.2) is 48.5 Å². The van der Waals surface area contributed by atoms with Crippen molar-refractivity contribution in [1.29, 1.82) is 0 Å². The van der Waals surface area contributed by atoms with Crippen LogP contribution in [0, 0.1) is 0 Å². The molecule has 0 aromatic heterocycles. The predicted molar refractivity (Wildman–Crippen MR) is 82.1 cm³/mol. The van der Waals surface area contributed by atoms with E-state index in [1.165, 1.54) is 18.2 Å². The Morgan fingerprint density at radius 2 is 1.62 bits per heavy atom. The molecule has 2 aromatic rings. The number of benzene rings is 2. The lowest BCUT2D eigenvalue weighted by Crippen LogP contribution is -2.27. The van der Waals surface area contributed by atoms with Crippen LogP contribution in [-0.4, -0.2) is 29.6 Å². The first-order chi connectivity index (χ1) is 11.5. The second kappa shape index (κ2) is 6.08. The summed E-state index contributed by atoms with van der Waals surface area (Å²) in [6.07, 6.45) is -1.52. The Hall–Kier alpha value is -3.28. The molecule has 0 fully saturated rings. The average Bonchev–Trinajstić information content (AvgIpc) is 2.81. The molecule has 1 unspecified atom stereocenters. The third-order valence-electron chi connectivity index (χ3n) is 3.51. The Morgan fingerprint density at radius 3 is 2.29 bits per heavy atom. The first-order valence-electron chi connectivity index (χ1n) is 7.15. The molecule has 0 bridgehead atoms. The average molecular weight is 324 g/mol. The first kappa shape index (κ1) is 15.6. The molecular formula is C18H12O6. The van der Waals surface area contributed by atoms with E-state index < -0.39 is 29.6 Å². The number of esters is 2. The summed E-state index contributed by atoms with van der Waals surface area (Å²) in [4.78, 5) is 47.8. The van der Waals surface area contributed by atoms with Crippen molar-refractivity contribution in [3.63, 3.8) is 0 Å². The summed E-state index contributed by atoms with van der Waals surface area (Å²) in [7, 11) is 0. The maximum absolute atomic E-state index is 12.4. The Balaban J connectivity index is 1.94. The smallest absolute Gasteiger partial charge is 0.343 e. The second-order valence-electron chi connectivity index (χ2n) is 5.15. The normalized spacial score (nSPS) is 15.8. The second-order valence-corrected chi connectivity index (χ2v) is 5.15. The zero-order valence-corrected chi connectivity index (χ0v) is 12.6. The van der Waals surface area contributed by atoms with Crippen LogP contribution in [-0.2, 0) is 9.53 Å². The van der Waals surface area contributed by atoms with Gasteiger partial charge >= 0.3 is 11.9 Å². The largest absolute Gasteiger partial charge is 0.446 e. The SMILES string of the molecule is CC(=O)OC1C(=O)c2cccc(OC(=O)c3ccccc3)c2C1=O. The minimum atomic E-state index is -1.52. The molecule has 0 saturated carbocycles. The molecule has 6 heteroatoms. The van der Waals surface area contributed by atoms with Gasteiger partial charge in [0.1, 0.15) is 5.75 Å². The molecule has 6 nitrogen and oxygen atoms in total. The Labute approximate surface area is 137 Å². The van der Waals surface area contributed by atoms with Crippen molar-refractivity contribution < 1.29 is 28.7 Å². The summed E-state index contributed by atoms with van der Waals surface area (Å²) >= 11 is 0. The molecule has 0 saturated heterocycles. The Kier molecular flexibility index (Phi) is 3.95. The molecule has 0 radical (unpaired) electrons. The van der Waals surface area contributed by atoms with Crippen LogP contribution in [0.5, 0.6) is 5.75 Å². The van der Waals surface area contributed by atoms with Gasteiger partial charge in [0.15, 0.2) is 0 Å². The number of Topliss-reactive ketones (excluding diaryl/α,β-unsaturated/α-hetero) is 2. The maximum atomic E-state index is 12.4. The summed E-state index contributed by atoms with van der Waals surface area (Å²) in [5, 5.41) is 0. The number of carbonyl (C=O) groups excluding carboxylic acids is 4. The number of rotatable bonds is 3. The third kappa shape index (κ3) is 2.69. The fourth-order valence-corrected chi connectivity index (χ4v) is 2.47. The van der Waals surface area contributed by atoms with Crippen molar-refractivity contribution in [1.82, 2.24) is 0 Å². The summed E-state index contributed by atoms with van der Waals surface area (Å²) < 4.78 is 10.0. The van der Waals surface area contributed by atoms with Crippen molar-refractivity contribution in [2.24, 2.45) is 0 Å². The lowest BCUT2D eigenvalue weighted by Gasteiger charge is -2.08. The van der Waals surface area contributed by atoms with Gasteiger partial charge in [-0.25, -0.2) is 4.79 Å². The number of carbonyl (C=O) groups is 4. The summed E-state index contributed by atoms with van der Waals surface area (Å²) in [6, 6.07) is 12.6. The van der Waals surface area contributed by atoms with Gasteiger partial charge in [-0.15, -0.1) is 0 Å². The van der Waals surface area contributed by atoms with E-state index in [0.717, 1.165) is 6.92 Å². The van der Waals surface area contributed by atoms with Gasteiger partial charge in [-0.2, -0.15) is 0 Å². The van der Waals surface area contributed by atoms with Gasteiger partial charge in [0, 0.05) is 12.5 Å². The van der Waals surface area contributed by atoms with Gasteiger partial charge in [0.25, 0.3) is 0 Å². The van der Waals surface area contributed by atoms with Crippen LogP contribution in [0.1, 0.15) is 38.0 Å². The van der Waals surface area contributed by atoms with Gasteiger partial charge in [-0.05, 0) is 18.2 Å². The number of fused-ring (bicyclic) bond motifs is 1. The third-order valence-corrected chi connectivity index (χ3v) is 3.51. The quantitative estimate of drug-likeness (QED) is 0.489. The van der Waals surface area contributed by atoms with E-state index in [-0.39, 0.29) is 16.9 Å². The van der Waals surface area contributed by atoms with E-state index in [1.807, 2.05) is 0 Å². The maximum Gasteiger partial charge on any atom is 0.343 e. The van der Waals surface area contributed by atoms with Crippen molar-refractivity contribution in [3.05, 3.63) is 65.2 Å². The van der Waals surface area contributed by atoms with Crippen LogP contribution in [0.3, 0.4) is 0 Å². The van der Waals surface area contributed by atoms with Crippen LogP contribution < -0.4 is 4.74 Å². The van der Waals surface area contributed by atoms with Gasteiger partial charge in [0.05, 0.1) is 11.1 Å². The van der Waals surface area contributed by atoms with E-state index in [1.54, 1.807) is 30.3 Å². The highest BCUT2D eigenvalue weighted by atomic mass is 16.6. The van der Waals surface area contributed by atoms with E-state index in [9.17, 15) is 19.2 Å². The molecule has 120 valence electrons. The molecule has 0 N–H and O–H groups in total. The number of hydrogen-bond donors (Lipinski definition) is 0. The summed E-state index contributed by atoms with van der Waals surface area (Å²) in [5.41, 5.74) is 0.339. The minimum absolute atomic E-state index is 0.0330. The fraction of sp³-hybridized carbons (Fsp3) is 0.111. The van der Waals surface area contributed by atoms with Crippen molar-refractivity contribution in [2.75, 3.05) is 0 Å². The van der Waals surface area contributed by atoms with Gasteiger partial charge < -0.3 is 9.47 Å². The molecule has 0 aliphatic heterocycles. The van der Waals surface area contributed by atoms with Gasteiger partial charge in [-0.1, -0.05) is 30.3 Å². The highest BCUT2D eigenvalue weighted by Gasteiger charge is 2.43. The van der Waals surface area contributed by atoms with Gasteiger partial charge in [-0.3, -0.25) is 14.4 Å². The van der Waals surface area contributed by atoms with Crippen molar-refractivity contribution >= 4 is 23.5 Å². The number of ketones is 2. The molecule has 0 spiro atoms. The minimum Gasteiger partial charge on any atom is -0.446 e. The van der Waals surface area contributed by atoms with Gasteiger partial charge in [0.2, 0.25) is 17.7 Å². The van der Waals surface area contributed by atoms with Crippen LogP contribution in [0.4, 0.5) is 0 Å². The van der Waals surface area contributed by atoms with Crippen molar-refractivity contribution in [2.45, 2.75) is 13.0 Å². The Bertz CT molecular complexity index is 853. The molecule has 1 aliphatic rings. The Morgan fingerprint density at radius 1 is 0.917 bits per heavy atom. The fourth-order valence-electron chi connectivity index (χ4n) is 2.47. The van der Waals surface area contributed by atoms with E-state index in [0.29, 0.717) is 5.56 Å². The first-order valence-corrected chi connectivity index (χ1v) is 7.15. The lowest BCUT2D eigenvalue weighted by atomic mass is 10.1. The van der Waals surface area contributed by atoms with Crippen LogP contribution in [0.2, 0.25) is 0 Å². The zero-order valence-electron chi connectivity index (χ0n) is 12.6. The molecule has 24 heavy (non-hydrogen) atoms. The van der Waals surface area contributed by atoms with E-state index in [4.69, 9.17) is 9.47 Å². The highest BCUT2D eigenvalue weighted by Crippen LogP contribution is 2.32. The van der Waals surface area contributed by atoms with Crippen LogP contribution in [0.25, 0.3) is 0 Å². The van der Waals surface area contributed by atoms with Crippen LogP contribution >= 0.6 is 0 Å². The molecule has 0 heterocycles. The van der Waals surface area contributed by atoms with Crippen molar-refractivity contribution in [3.8, 4) is 5.75 Å². The summed E-state index contributed by atoms with van der Waals surface area (Å²) in [6.45, 7) is 1.11. The molecule has 1 aliphatic carbocycles. The highest BCUT2D eigenvalue weighted by molar-refractivity contribution is 6.30. The monoisotopic (exact) mass is 324 g/mol. The molecule has 1 atom stereocenters. The molecular weight excluding hydrogens is 312 g/mol. The van der Waals surface area contributed by atoms with E-state index in [2.05, 4.69) is 0 Å². The van der Waals surface area contributed by atoms with E-state index >= 15 is 0 Å². The lowest BCUT2D eigenvalue weighted by molar-refractivity contribution is -0.142.